The minimum atomic E-state index is -0.902. The molecular weight excluding hydrogens is 556 g/mol. The minimum absolute atomic E-state index is 0.0375. The lowest BCUT2D eigenvalue weighted by Gasteiger charge is -2.35. The molecule has 4 aromatic rings. The highest BCUT2D eigenvalue weighted by molar-refractivity contribution is 5.93. The van der Waals surface area contributed by atoms with Crippen molar-refractivity contribution in [1.29, 1.82) is 0 Å². The quantitative estimate of drug-likeness (QED) is 0.324. The summed E-state index contributed by atoms with van der Waals surface area (Å²) in [5, 5.41) is 22.9. The molecule has 4 aliphatic rings. The first-order chi connectivity index (χ1) is 20.9. The van der Waals surface area contributed by atoms with Gasteiger partial charge in [0, 0.05) is 49.6 Å². The molecule has 10 nitrogen and oxygen atoms in total. The van der Waals surface area contributed by atoms with Crippen LogP contribution in [0.4, 0.5) is 8.78 Å². The van der Waals surface area contributed by atoms with Crippen LogP contribution in [0.5, 0.6) is 11.8 Å². The van der Waals surface area contributed by atoms with Crippen molar-refractivity contribution in [3.63, 3.8) is 0 Å². The van der Waals surface area contributed by atoms with E-state index in [0.717, 1.165) is 42.7 Å². The van der Waals surface area contributed by atoms with Crippen LogP contribution in [0, 0.1) is 5.82 Å². The zero-order chi connectivity index (χ0) is 29.3. The fourth-order valence-electron chi connectivity index (χ4n) is 7.47. The molecule has 8 rings (SSSR count). The maximum atomic E-state index is 15.1. The average Bonchev–Trinajstić information content (AvgIpc) is 3.51. The lowest BCUT2D eigenvalue weighted by atomic mass is 9.92. The van der Waals surface area contributed by atoms with Crippen molar-refractivity contribution in [1.82, 2.24) is 35.3 Å². The normalized spacial score (nSPS) is 27.0. The first-order valence-electron chi connectivity index (χ1n) is 14.8. The Kier molecular flexibility index (Phi) is 6.21. The summed E-state index contributed by atoms with van der Waals surface area (Å²) >= 11 is 0. The number of aromatic hydroxyl groups is 1. The Hall–Kier alpha value is -4.00. The zero-order valence-electron chi connectivity index (χ0n) is 23.4. The van der Waals surface area contributed by atoms with E-state index >= 15 is 4.39 Å². The third-order valence-electron chi connectivity index (χ3n) is 9.35. The van der Waals surface area contributed by atoms with Crippen molar-refractivity contribution in [2.45, 2.75) is 49.5 Å². The second-order valence-electron chi connectivity index (χ2n) is 12.2. The number of hydrogen-bond acceptors (Lipinski definition) is 9. The molecule has 3 saturated heterocycles. The highest BCUT2D eigenvalue weighted by Gasteiger charge is 2.49. The molecule has 2 bridgehead atoms. The number of ether oxygens (including phenoxy) is 1. The van der Waals surface area contributed by atoms with E-state index in [4.69, 9.17) is 9.72 Å². The Morgan fingerprint density at radius 1 is 1.21 bits per heavy atom. The van der Waals surface area contributed by atoms with Gasteiger partial charge in [-0.1, -0.05) is 18.2 Å². The van der Waals surface area contributed by atoms with E-state index in [9.17, 15) is 14.3 Å². The van der Waals surface area contributed by atoms with Crippen molar-refractivity contribution in [2.75, 3.05) is 32.8 Å². The van der Waals surface area contributed by atoms with E-state index in [2.05, 4.69) is 31.7 Å². The molecule has 0 saturated carbocycles. The largest absolute Gasteiger partial charge is 0.508 e. The van der Waals surface area contributed by atoms with Crippen molar-refractivity contribution < 1.29 is 18.6 Å². The monoisotopic (exact) mass is 587 g/mol. The van der Waals surface area contributed by atoms with Gasteiger partial charge in [-0.05, 0) is 48.9 Å². The molecule has 0 aliphatic carbocycles. The number of nitrogens with one attached hydrogen (secondary N) is 2. The smallest absolute Gasteiger partial charge is 0.317 e. The number of hydrogen-bond donors (Lipinski definition) is 3. The van der Waals surface area contributed by atoms with E-state index < -0.39 is 23.1 Å². The van der Waals surface area contributed by atoms with Gasteiger partial charge in [0.2, 0.25) is 0 Å². The average molecular weight is 588 g/mol. The van der Waals surface area contributed by atoms with Crippen LogP contribution in [0.15, 0.2) is 47.4 Å². The Morgan fingerprint density at radius 2 is 2.12 bits per heavy atom. The van der Waals surface area contributed by atoms with Gasteiger partial charge in [-0.25, -0.2) is 8.78 Å². The van der Waals surface area contributed by atoms with E-state index in [-0.39, 0.29) is 47.0 Å². The summed E-state index contributed by atoms with van der Waals surface area (Å²) < 4.78 is 36.8. The number of alkyl halides is 1. The standard InChI is InChI=1S/C31H31F2N7O3/c32-19-11-31(5-2-6-39(31)15-19)16-43-30-37-27(18-7-20-12-34-13-21(8-18)36-20)23-14-35-40(29(42)28(23)38-30)25-10-22(41)9-17-3-1-4-24(33)26(17)25/h1,3-4,7,9-10,14,19-21,34,36,41H,2,5-6,8,11-13,15-16H2/t19-,20?,21?,31+/m1/s1. The summed E-state index contributed by atoms with van der Waals surface area (Å²) in [4.78, 5) is 25.7. The minimum Gasteiger partial charge on any atom is -0.508 e. The number of piperazine rings is 1. The number of halogens is 2. The Labute approximate surface area is 245 Å². The summed E-state index contributed by atoms with van der Waals surface area (Å²) in [5.74, 6) is -0.672. The zero-order valence-corrected chi connectivity index (χ0v) is 23.4. The molecule has 3 fully saturated rings. The first-order valence-corrected chi connectivity index (χ1v) is 14.8. The molecule has 3 N–H and O–H groups in total. The van der Waals surface area contributed by atoms with Crippen LogP contribution >= 0.6 is 0 Å². The summed E-state index contributed by atoms with van der Waals surface area (Å²) in [7, 11) is 0. The van der Waals surface area contributed by atoms with Gasteiger partial charge in [0.15, 0.2) is 0 Å². The van der Waals surface area contributed by atoms with Crippen LogP contribution in [-0.2, 0) is 0 Å². The predicted molar refractivity (Wildman–Crippen MR) is 157 cm³/mol. The number of phenolic OH excluding ortho intramolecular Hbond substituents is 1. The first kappa shape index (κ1) is 26.6. The Morgan fingerprint density at radius 3 is 3.00 bits per heavy atom. The van der Waals surface area contributed by atoms with Crippen molar-refractivity contribution in [3.8, 4) is 17.4 Å². The van der Waals surface area contributed by atoms with Gasteiger partial charge in [-0.2, -0.15) is 19.7 Å². The third kappa shape index (κ3) is 4.47. The second kappa shape index (κ2) is 10.0. The van der Waals surface area contributed by atoms with Crippen LogP contribution in [0.2, 0.25) is 0 Å². The third-order valence-corrected chi connectivity index (χ3v) is 9.35. The molecule has 43 heavy (non-hydrogen) atoms. The molecule has 2 unspecified atom stereocenters. The van der Waals surface area contributed by atoms with Crippen molar-refractivity contribution in [2.24, 2.45) is 0 Å². The maximum absolute atomic E-state index is 15.1. The maximum Gasteiger partial charge on any atom is 0.317 e. The molecule has 2 aromatic heterocycles. The van der Waals surface area contributed by atoms with Gasteiger partial charge in [0.05, 0.1) is 28.5 Å². The van der Waals surface area contributed by atoms with Crippen LogP contribution in [-0.4, -0.2) is 86.3 Å². The van der Waals surface area contributed by atoms with Crippen molar-refractivity contribution in [3.05, 3.63) is 64.5 Å². The van der Waals surface area contributed by atoms with E-state index in [1.807, 2.05) is 0 Å². The molecule has 0 amide bonds. The topological polar surface area (TPSA) is 117 Å². The van der Waals surface area contributed by atoms with Gasteiger partial charge in [0.25, 0.3) is 5.56 Å². The van der Waals surface area contributed by atoms with Crippen LogP contribution < -0.4 is 20.9 Å². The van der Waals surface area contributed by atoms with Crippen LogP contribution in [0.1, 0.15) is 31.4 Å². The van der Waals surface area contributed by atoms with Crippen LogP contribution in [0.3, 0.4) is 0 Å². The number of nitrogens with zero attached hydrogens (tertiary/aromatic N) is 5. The number of aromatic nitrogens is 4. The number of rotatable bonds is 5. The van der Waals surface area contributed by atoms with Gasteiger partial charge in [-0.15, -0.1) is 0 Å². The number of fused-ring (bicyclic) bond motifs is 5. The van der Waals surface area contributed by atoms with E-state index in [0.29, 0.717) is 35.9 Å². The summed E-state index contributed by atoms with van der Waals surface area (Å²) in [6.07, 6.45) is 5.61. The van der Waals surface area contributed by atoms with Gasteiger partial charge in [-0.3, -0.25) is 9.69 Å². The van der Waals surface area contributed by atoms with Gasteiger partial charge >= 0.3 is 6.01 Å². The number of phenols is 1. The lowest BCUT2D eigenvalue weighted by molar-refractivity contribution is 0.107. The Balaban J connectivity index is 1.28. The SMILES string of the molecule is O=c1c2nc(OC[C@@]34CCCN3C[C@H](F)C4)nc(C3=CC4CNCC(C3)N4)c2cnn1-c1cc(O)cc2cccc(F)c12. The fraction of sp³-hybridized carbons (Fsp3) is 0.419. The second-order valence-corrected chi connectivity index (χ2v) is 12.2. The van der Waals surface area contributed by atoms with Gasteiger partial charge in [0.1, 0.15) is 29.9 Å². The van der Waals surface area contributed by atoms with E-state index in [1.54, 1.807) is 12.1 Å². The predicted octanol–water partition coefficient (Wildman–Crippen LogP) is 2.85. The highest BCUT2D eigenvalue weighted by Crippen LogP contribution is 2.40. The fourth-order valence-corrected chi connectivity index (χ4v) is 7.47. The number of benzene rings is 2. The molecule has 4 aliphatic heterocycles. The van der Waals surface area contributed by atoms with E-state index in [1.165, 1.54) is 24.4 Å². The Bertz CT molecular complexity index is 1860. The molecule has 0 radical (unpaired) electrons. The molecule has 2 aromatic carbocycles. The summed E-state index contributed by atoms with van der Waals surface area (Å²) in [6, 6.07) is 7.60. The van der Waals surface area contributed by atoms with Crippen LogP contribution in [0.25, 0.3) is 32.9 Å². The molecule has 0 spiro atoms. The molecule has 222 valence electrons. The summed E-state index contributed by atoms with van der Waals surface area (Å²) in [6.45, 7) is 3.03. The molecular formula is C31H31F2N7O3. The lowest BCUT2D eigenvalue weighted by Crippen LogP contribution is -2.56. The molecule has 12 heteroatoms. The molecule has 6 heterocycles. The molecule has 4 atom stereocenters. The van der Waals surface area contributed by atoms with Crippen molar-refractivity contribution >= 4 is 27.2 Å². The summed E-state index contributed by atoms with van der Waals surface area (Å²) in [5.41, 5.74) is 0.697. The highest BCUT2D eigenvalue weighted by atomic mass is 19.1. The van der Waals surface area contributed by atoms with Gasteiger partial charge < -0.3 is 20.5 Å².